The van der Waals surface area contributed by atoms with Crippen LogP contribution in [-0.2, 0) is 0 Å². The van der Waals surface area contributed by atoms with Gasteiger partial charge >= 0.3 is 0 Å². The summed E-state index contributed by atoms with van der Waals surface area (Å²) in [5.74, 6) is 0. The van der Waals surface area contributed by atoms with Gasteiger partial charge in [0, 0.05) is 0 Å². The van der Waals surface area contributed by atoms with Gasteiger partial charge in [-0.2, -0.15) is 0 Å². The molecule has 0 radical (unpaired) electrons. The molecular formula is C10H20Br2Si. The summed E-state index contributed by atoms with van der Waals surface area (Å²) in [6.45, 7) is 14.0. The zero-order valence-electron chi connectivity index (χ0n) is 9.41. The molecule has 0 N–H and O–H groups in total. The SMILES string of the molecule is CC=C(C(Br)Br)[Si](C)(C)C(C)(C)C. The minimum atomic E-state index is -1.33. The van der Waals surface area contributed by atoms with E-state index in [9.17, 15) is 0 Å². The highest BCUT2D eigenvalue weighted by atomic mass is 79.9. The topological polar surface area (TPSA) is 0 Å². The molecule has 0 rings (SSSR count). The van der Waals surface area contributed by atoms with Crippen molar-refractivity contribution in [2.45, 2.75) is 49.6 Å². The van der Waals surface area contributed by atoms with Gasteiger partial charge in [-0.1, -0.05) is 77.0 Å². The predicted octanol–water partition coefficient (Wildman–Crippen LogP) is 5.10. The van der Waals surface area contributed by atoms with E-state index in [1.54, 1.807) is 5.20 Å². The molecule has 0 heterocycles. The highest BCUT2D eigenvalue weighted by Crippen LogP contribution is 2.43. The van der Waals surface area contributed by atoms with Gasteiger partial charge in [-0.25, -0.2) is 0 Å². The molecule has 0 bridgehead atoms. The maximum Gasteiger partial charge on any atom is 0.0872 e. The molecule has 0 aliphatic heterocycles. The number of rotatable bonds is 2. The summed E-state index contributed by atoms with van der Waals surface area (Å²) < 4.78 is 0.339. The number of allylic oxidation sites excluding steroid dienone is 2. The van der Waals surface area contributed by atoms with Gasteiger partial charge in [-0.15, -0.1) is 0 Å². The molecule has 0 fully saturated rings. The molecule has 0 nitrogen and oxygen atoms in total. The number of halogens is 2. The van der Waals surface area contributed by atoms with Crippen LogP contribution in [0.15, 0.2) is 11.3 Å². The zero-order valence-corrected chi connectivity index (χ0v) is 13.6. The van der Waals surface area contributed by atoms with Crippen molar-refractivity contribution in [3.63, 3.8) is 0 Å². The first-order valence-corrected chi connectivity index (χ1v) is 9.42. The molecule has 0 aliphatic rings. The van der Waals surface area contributed by atoms with Crippen molar-refractivity contribution in [2.75, 3.05) is 0 Å². The lowest BCUT2D eigenvalue weighted by molar-refractivity contribution is 0.724. The van der Waals surface area contributed by atoms with Crippen molar-refractivity contribution in [1.29, 1.82) is 0 Å². The van der Waals surface area contributed by atoms with E-state index >= 15 is 0 Å². The Morgan fingerprint density at radius 2 is 1.62 bits per heavy atom. The van der Waals surface area contributed by atoms with E-state index in [-0.39, 0.29) is 0 Å². The third-order valence-electron chi connectivity index (χ3n) is 3.14. The molecule has 0 aliphatic carbocycles. The van der Waals surface area contributed by atoms with Crippen LogP contribution in [0.2, 0.25) is 18.1 Å². The summed E-state index contributed by atoms with van der Waals surface area (Å²) in [5, 5.41) is 1.95. The van der Waals surface area contributed by atoms with E-state index in [1.165, 1.54) is 0 Å². The fourth-order valence-electron chi connectivity index (χ4n) is 1.19. The Morgan fingerprint density at radius 3 is 1.69 bits per heavy atom. The number of hydrogen-bond donors (Lipinski definition) is 0. The molecule has 0 aromatic heterocycles. The molecule has 0 aromatic carbocycles. The van der Waals surface area contributed by atoms with Gasteiger partial charge in [0.05, 0.1) is 11.8 Å². The molecule has 0 saturated heterocycles. The Labute approximate surface area is 100 Å². The van der Waals surface area contributed by atoms with E-state index in [4.69, 9.17) is 0 Å². The molecule has 0 amide bonds. The standard InChI is InChI=1S/C10H20Br2Si/c1-7-8(9(11)12)13(5,6)10(2,3)4/h7,9H,1-6H3. The Balaban J connectivity index is 5.03. The van der Waals surface area contributed by atoms with Gasteiger partial charge in [-0.05, 0) is 12.0 Å². The second-order valence-corrected chi connectivity index (χ2v) is 13.3. The molecule has 78 valence electrons. The monoisotopic (exact) mass is 326 g/mol. The lowest BCUT2D eigenvalue weighted by atomic mass is 10.2. The second-order valence-electron chi connectivity index (χ2n) is 4.92. The van der Waals surface area contributed by atoms with Crippen molar-refractivity contribution in [1.82, 2.24) is 0 Å². The molecule has 3 heteroatoms. The average Bonchev–Trinajstić information content (AvgIpc) is 1.83. The third-order valence-corrected chi connectivity index (χ3v) is 10.7. The van der Waals surface area contributed by atoms with E-state index in [0.717, 1.165) is 0 Å². The smallest absolute Gasteiger partial charge is 0.0872 e. The number of alkyl halides is 2. The minimum absolute atomic E-state index is 0.339. The van der Waals surface area contributed by atoms with Gasteiger partial charge in [0.15, 0.2) is 0 Å². The van der Waals surface area contributed by atoms with Crippen molar-refractivity contribution < 1.29 is 0 Å². The molecule has 0 atom stereocenters. The first-order valence-electron chi connectivity index (χ1n) is 4.59. The first kappa shape index (κ1) is 13.9. The van der Waals surface area contributed by atoms with E-state index < -0.39 is 8.07 Å². The molecule has 0 unspecified atom stereocenters. The van der Waals surface area contributed by atoms with Crippen LogP contribution < -0.4 is 0 Å². The molecule has 0 aromatic rings. The summed E-state index contributed by atoms with van der Waals surface area (Å²) in [5.41, 5.74) is 0. The van der Waals surface area contributed by atoms with Crippen molar-refractivity contribution >= 4 is 39.9 Å². The Morgan fingerprint density at radius 1 is 1.23 bits per heavy atom. The highest BCUT2D eigenvalue weighted by Gasteiger charge is 2.39. The summed E-state index contributed by atoms with van der Waals surface area (Å²) in [6.07, 6.45) is 2.26. The molecule has 0 saturated carbocycles. The maximum atomic E-state index is 3.61. The maximum absolute atomic E-state index is 3.61. The Hall–Kier alpha value is 0.917. The Bertz CT molecular complexity index is 199. The van der Waals surface area contributed by atoms with Crippen LogP contribution in [0.5, 0.6) is 0 Å². The normalized spacial score (nSPS) is 15.3. The minimum Gasteiger partial charge on any atom is -0.0903 e. The van der Waals surface area contributed by atoms with E-state index in [0.29, 0.717) is 8.77 Å². The van der Waals surface area contributed by atoms with Crippen LogP contribution in [0.1, 0.15) is 27.7 Å². The van der Waals surface area contributed by atoms with Crippen LogP contribution in [0, 0.1) is 0 Å². The lowest BCUT2D eigenvalue weighted by Gasteiger charge is -2.39. The largest absolute Gasteiger partial charge is 0.0903 e. The lowest BCUT2D eigenvalue weighted by Crippen LogP contribution is -2.41. The van der Waals surface area contributed by atoms with Gasteiger partial charge in [-0.3, -0.25) is 0 Å². The number of hydrogen-bond acceptors (Lipinski definition) is 0. The van der Waals surface area contributed by atoms with E-state index in [1.807, 2.05) is 0 Å². The summed E-state index contributed by atoms with van der Waals surface area (Å²) >= 11 is 7.22. The van der Waals surface area contributed by atoms with Crippen LogP contribution in [0.4, 0.5) is 0 Å². The van der Waals surface area contributed by atoms with Crippen LogP contribution >= 0.6 is 31.9 Å². The summed E-state index contributed by atoms with van der Waals surface area (Å²) in [4.78, 5) is 0. The third kappa shape index (κ3) is 3.20. The van der Waals surface area contributed by atoms with Crippen LogP contribution in [0.25, 0.3) is 0 Å². The highest BCUT2D eigenvalue weighted by molar-refractivity contribution is 9.24. The van der Waals surface area contributed by atoms with Crippen LogP contribution in [-0.4, -0.2) is 11.8 Å². The van der Waals surface area contributed by atoms with Crippen molar-refractivity contribution in [2.24, 2.45) is 0 Å². The van der Waals surface area contributed by atoms with E-state index in [2.05, 4.69) is 78.7 Å². The van der Waals surface area contributed by atoms with Crippen molar-refractivity contribution in [3.8, 4) is 0 Å². The quantitative estimate of drug-likeness (QED) is 0.489. The molecular weight excluding hydrogens is 308 g/mol. The molecule has 13 heavy (non-hydrogen) atoms. The second kappa shape index (κ2) is 4.62. The Kier molecular flexibility index (Phi) is 4.95. The predicted molar refractivity (Wildman–Crippen MR) is 72.6 cm³/mol. The van der Waals surface area contributed by atoms with Gasteiger partial charge in [0.2, 0.25) is 0 Å². The first-order chi connectivity index (χ1) is 5.64. The fraction of sp³-hybridized carbons (Fsp3) is 0.800. The van der Waals surface area contributed by atoms with Crippen LogP contribution in [0.3, 0.4) is 0 Å². The molecule has 0 spiro atoms. The summed E-state index contributed by atoms with van der Waals surface area (Å²) in [6, 6.07) is 0. The zero-order chi connectivity index (χ0) is 10.9. The van der Waals surface area contributed by atoms with Gasteiger partial charge in [0.1, 0.15) is 0 Å². The van der Waals surface area contributed by atoms with Crippen molar-refractivity contribution in [3.05, 3.63) is 11.3 Å². The van der Waals surface area contributed by atoms with Gasteiger partial charge < -0.3 is 0 Å². The van der Waals surface area contributed by atoms with Gasteiger partial charge in [0.25, 0.3) is 0 Å². The average molecular weight is 328 g/mol. The summed E-state index contributed by atoms with van der Waals surface area (Å²) in [7, 11) is -1.33. The fourth-order valence-corrected chi connectivity index (χ4v) is 7.29.